The molecule has 17 heavy (non-hydrogen) atoms. The van der Waals surface area contributed by atoms with E-state index in [9.17, 15) is 0 Å². The number of hydrogen-bond donors (Lipinski definition) is 1. The van der Waals surface area contributed by atoms with E-state index in [0.29, 0.717) is 52.6 Å². The van der Waals surface area contributed by atoms with Crippen molar-refractivity contribution in [3.8, 4) is 0 Å². The zero-order chi connectivity index (χ0) is 12.1. The fourth-order valence-corrected chi connectivity index (χ4v) is 3.16. The molecule has 2 aliphatic rings. The number of hydrogen-bond acceptors (Lipinski definition) is 7. The largest absolute Gasteiger partial charge is 0.379 e. The van der Waals surface area contributed by atoms with Crippen LogP contribution < -0.4 is 5.50 Å². The molecule has 0 spiro atoms. The number of nitrogens with zero attached hydrogens (tertiary/aromatic N) is 2. The molecule has 100 valence electrons. The fourth-order valence-electron chi connectivity index (χ4n) is 1.59. The Hall–Kier alpha value is 0.370. The lowest BCUT2D eigenvalue weighted by atomic mass is 10.5. The molecule has 2 N–H and O–H groups in total. The van der Waals surface area contributed by atoms with E-state index in [0.717, 1.165) is 0 Å². The van der Waals surface area contributed by atoms with E-state index in [1.165, 1.54) is 0 Å². The predicted molar refractivity (Wildman–Crippen MR) is 65.4 cm³/mol. The van der Waals surface area contributed by atoms with E-state index < -0.39 is 6.64 Å². The summed E-state index contributed by atoms with van der Waals surface area (Å²) >= 11 is 5.18. The van der Waals surface area contributed by atoms with Crippen molar-refractivity contribution in [3.63, 3.8) is 0 Å². The van der Waals surface area contributed by atoms with E-state index in [-0.39, 0.29) is 0 Å². The number of ether oxygens (including phenoxy) is 2. The van der Waals surface area contributed by atoms with Gasteiger partial charge < -0.3 is 9.47 Å². The van der Waals surface area contributed by atoms with Gasteiger partial charge in [0.15, 0.2) is 0 Å². The molecule has 0 saturated carbocycles. The smallest absolute Gasteiger partial charge is 0.292 e. The van der Waals surface area contributed by atoms with E-state index in [4.69, 9.17) is 36.0 Å². The average molecular weight is 283 g/mol. The summed E-state index contributed by atoms with van der Waals surface area (Å²) in [5, 5.41) is 3.45. The van der Waals surface area contributed by atoms with Crippen LogP contribution in [0.2, 0.25) is 0 Å². The molecule has 2 saturated heterocycles. The van der Waals surface area contributed by atoms with Crippen LogP contribution in [0, 0.1) is 0 Å². The Morgan fingerprint density at radius 1 is 0.882 bits per heavy atom. The summed E-state index contributed by atoms with van der Waals surface area (Å²) in [4.78, 5) is 0. The summed E-state index contributed by atoms with van der Waals surface area (Å²) in [6.07, 6.45) is 0. The van der Waals surface area contributed by atoms with Gasteiger partial charge in [-0.05, 0) is 11.8 Å². The maximum absolute atomic E-state index is 5.89. The van der Waals surface area contributed by atoms with E-state index in [1.54, 1.807) is 10.1 Å². The Morgan fingerprint density at radius 3 is 1.59 bits per heavy atom. The highest BCUT2D eigenvalue weighted by Gasteiger charge is 2.25. The SMILES string of the molecule is NP(=S)(ON1CCOCC1)ON1CCOCC1. The summed E-state index contributed by atoms with van der Waals surface area (Å²) in [6.45, 7) is 2.45. The van der Waals surface area contributed by atoms with Gasteiger partial charge in [0, 0.05) is 26.2 Å². The van der Waals surface area contributed by atoms with Gasteiger partial charge in [-0.1, -0.05) is 0 Å². The zero-order valence-corrected chi connectivity index (χ0v) is 11.3. The Morgan fingerprint density at radius 2 is 1.24 bits per heavy atom. The third-order valence-electron chi connectivity index (χ3n) is 2.40. The van der Waals surface area contributed by atoms with Gasteiger partial charge in [-0.25, -0.2) is 9.25 Å². The number of rotatable bonds is 4. The average Bonchev–Trinajstić information content (AvgIpc) is 2.30. The van der Waals surface area contributed by atoms with Crippen LogP contribution in [0.25, 0.3) is 0 Å². The quantitative estimate of drug-likeness (QED) is 0.705. The van der Waals surface area contributed by atoms with Gasteiger partial charge in [0.1, 0.15) is 0 Å². The molecule has 7 nitrogen and oxygen atoms in total. The van der Waals surface area contributed by atoms with Crippen LogP contribution in [0.3, 0.4) is 0 Å². The molecule has 2 rings (SSSR count). The first-order chi connectivity index (χ1) is 8.16. The highest BCUT2D eigenvalue weighted by Crippen LogP contribution is 2.41. The molecule has 0 bridgehead atoms. The van der Waals surface area contributed by atoms with E-state index >= 15 is 0 Å². The zero-order valence-electron chi connectivity index (χ0n) is 9.62. The lowest BCUT2D eigenvalue weighted by Gasteiger charge is -2.33. The van der Waals surface area contributed by atoms with Crippen LogP contribution in [-0.4, -0.2) is 62.7 Å². The van der Waals surface area contributed by atoms with Crippen LogP contribution in [0.1, 0.15) is 0 Å². The summed E-state index contributed by atoms with van der Waals surface area (Å²) in [7, 11) is 0. The molecule has 0 aromatic rings. The maximum Gasteiger partial charge on any atom is 0.292 e. The molecular weight excluding hydrogens is 265 g/mol. The Balaban J connectivity index is 1.78. The molecule has 9 heteroatoms. The van der Waals surface area contributed by atoms with Crippen molar-refractivity contribution in [1.29, 1.82) is 0 Å². The van der Waals surface area contributed by atoms with Crippen molar-refractivity contribution in [1.82, 2.24) is 10.1 Å². The van der Waals surface area contributed by atoms with Gasteiger partial charge in [-0.2, -0.15) is 10.1 Å². The molecule has 2 heterocycles. The summed E-state index contributed by atoms with van der Waals surface area (Å²) in [6, 6.07) is 0. The van der Waals surface area contributed by atoms with Crippen molar-refractivity contribution >= 4 is 18.4 Å². The second kappa shape index (κ2) is 6.51. The second-order valence-electron chi connectivity index (χ2n) is 3.79. The minimum absolute atomic E-state index is 0.632. The molecule has 0 radical (unpaired) electrons. The van der Waals surface area contributed by atoms with Crippen LogP contribution in [0.15, 0.2) is 0 Å². The number of hydroxylamine groups is 4. The number of nitrogens with two attached hydrogens (primary N) is 1. The van der Waals surface area contributed by atoms with E-state index in [2.05, 4.69) is 0 Å². The summed E-state index contributed by atoms with van der Waals surface area (Å²) in [5.74, 6) is 0. The van der Waals surface area contributed by atoms with Crippen molar-refractivity contribution in [2.45, 2.75) is 0 Å². The van der Waals surface area contributed by atoms with Gasteiger partial charge in [-0.3, -0.25) is 5.50 Å². The van der Waals surface area contributed by atoms with Crippen LogP contribution in [0.4, 0.5) is 0 Å². The van der Waals surface area contributed by atoms with Gasteiger partial charge in [0.05, 0.1) is 26.4 Å². The first kappa shape index (κ1) is 13.8. The Kier molecular flexibility index (Phi) is 5.28. The topological polar surface area (TPSA) is 69.4 Å². The van der Waals surface area contributed by atoms with Crippen LogP contribution in [-0.2, 0) is 30.5 Å². The predicted octanol–water partition coefficient (Wildman–Crippen LogP) is -0.303. The highest BCUT2D eigenvalue weighted by molar-refractivity contribution is 8.08. The highest BCUT2D eigenvalue weighted by atomic mass is 32.5. The molecule has 0 aliphatic carbocycles. The normalized spacial score (nSPS) is 25.0. The standard InChI is InChI=1S/C8H18N3O4PS/c9-16(17,14-10-1-5-12-6-2-10)15-11-3-7-13-8-4-11/h1-8H2,(H2,9,17). The monoisotopic (exact) mass is 283 g/mol. The fraction of sp³-hybridized carbons (Fsp3) is 1.00. The molecule has 0 amide bonds. The first-order valence-electron chi connectivity index (χ1n) is 5.59. The van der Waals surface area contributed by atoms with Gasteiger partial charge in [-0.15, -0.1) is 0 Å². The molecule has 0 unspecified atom stereocenters. The van der Waals surface area contributed by atoms with Crippen molar-refractivity contribution in [2.75, 3.05) is 52.6 Å². The third kappa shape index (κ3) is 4.86. The van der Waals surface area contributed by atoms with Crippen molar-refractivity contribution in [3.05, 3.63) is 0 Å². The number of morpholine rings is 2. The van der Waals surface area contributed by atoms with Crippen molar-refractivity contribution in [2.24, 2.45) is 5.50 Å². The molecule has 0 aromatic carbocycles. The first-order valence-corrected chi connectivity index (χ1v) is 8.30. The van der Waals surface area contributed by atoms with E-state index in [1.807, 2.05) is 0 Å². The molecule has 2 fully saturated rings. The summed E-state index contributed by atoms with van der Waals surface area (Å²) in [5.41, 5.74) is 5.89. The second-order valence-corrected chi connectivity index (χ2v) is 6.72. The lowest BCUT2D eigenvalue weighted by Crippen LogP contribution is -2.39. The molecular formula is C8H18N3O4PS. The maximum atomic E-state index is 5.89. The minimum atomic E-state index is -2.76. The minimum Gasteiger partial charge on any atom is -0.379 e. The van der Waals surface area contributed by atoms with Gasteiger partial charge in [0.25, 0.3) is 6.64 Å². The Labute approximate surface area is 106 Å². The summed E-state index contributed by atoms with van der Waals surface area (Å²) < 4.78 is 21.5. The molecule has 0 aromatic heterocycles. The van der Waals surface area contributed by atoms with Crippen LogP contribution in [0.5, 0.6) is 0 Å². The van der Waals surface area contributed by atoms with Gasteiger partial charge >= 0.3 is 0 Å². The van der Waals surface area contributed by atoms with Gasteiger partial charge in [0.2, 0.25) is 0 Å². The Bertz CT molecular complexity index is 260. The van der Waals surface area contributed by atoms with Crippen molar-refractivity contribution < 1.29 is 18.7 Å². The third-order valence-corrected chi connectivity index (χ3v) is 3.72. The van der Waals surface area contributed by atoms with Crippen LogP contribution >= 0.6 is 6.64 Å². The molecule has 2 aliphatic heterocycles. The molecule has 0 atom stereocenters. The lowest BCUT2D eigenvalue weighted by molar-refractivity contribution is -0.157.